The van der Waals surface area contributed by atoms with Crippen LogP contribution in [0.3, 0.4) is 0 Å². The molecule has 1 fully saturated rings. The van der Waals surface area contributed by atoms with E-state index in [1.807, 2.05) is 23.6 Å². The fourth-order valence-electron chi connectivity index (χ4n) is 3.92. The van der Waals surface area contributed by atoms with Crippen LogP contribution in [0.4, 0.5) is 5.13 Å². The van der Waals surface area contributed by atoms with E-state index in [0.29, 0.717) is 11.6 Å². The van der Waals surface area contributed by atoms with E-state index in [1.165, 1.54) is 54.6 Å². The van der Waals surface area contributed by atoms with Gasteiger partial charge in [-0.05, 0) is 23.5 Å². The van der Waals surface area contributed by atoms with Gasteiger partial charge in [-0.1, -0.05) is 86.7 Å². The van der Waals surface area contributed by atoms with Crippen LogP contribution in [0.1, 0.15) is 44.9 Å². The summed E-state index contributed by atoms with van der Waals surface area (Å²) in [5.74, 6) is 0.820. The standard InChI is InChI=1S/C24H26N2OS/c27-23(16-11-18-7-3-1-4-8-18)26-24-25-22(17-28-24)21-14-12-20(13-15-21)19-9-5-2-6-10-19/h2,5-6,9-10,12-15,17-18H,1,3-4,7-8,11,16H2,(H,25,26,27). The molecule has 4 heteroatoms. The zero-order valence-corrected chi connectivity index (χ0v) is 16.9. The van der Waals surface area contributed by atoms with Gasteiger partial charge in [0, 0.05) is 17.4 Å². The maximum Gasteiger partial charge on any atom is 0.226 e. The highest BCUT2D eigenvalue weighted by atomic mass is 32.1. The lowest BCUT2D eigenvalue weighted by Gasteiger charge is -2.20. The molecule has 144 valence electrons. The summed E-state index contributed by atoms with van der Waals surface area (Å²) in [5.41, 5.74) is 4.37. The van der Waals surface area contributed by atoms with Crippen LogP contribution in [0.2, 0.25) is 0 Å². The molecule has 3 aromatic rings. The maximum atomic E-state index is 12.3. The Morgan fingerprint density at radius 2 is 1.61 bits per heavy atom. The van der Waals surface area contributed by atoms with Crippen molar-refractivity contribution in [1.82, 2.24) is 4.98 Å². The van der Waals surface area contributed by atoms with E-state index in [4.69, 9.17) is 0 Å². The number of amides is 1. The lowest BCUT2D eigenvalue weighted by Crippen LogP contribution is -2.14. The molecule has 0 unspecified atom stereocenters. The number of hydrogen-bond donors (Lipinski definition) is 1. The fraction of sp³-hybridized carbons (Fsp3) is 0.333. The number of nitrogens with zero attached hydrogens (tertiary/aromatic N) is 1. The molecule has 3 nitrogen and oxygen atoms in total. The molecule has 0 radical (unpaired) electrons. The van der Waals surface area contributed by atoms with Crippen molar-refractivity contribution >= 4 is 22.4 Å². The quantitative estimate of drug-likeness (QED) is 0.504. The average Bonchev–Trinajstić information content (AvgIpc) is 3.22. The number of benzene rings is 2. The summed E-state index contributed by atoms with van der Waals surface area (Å²) in [6.07, 6.45) is 8.19. The maximum absolute atomic E-state index is 12.3. The third kappa shape index (κ3) is 4.87. The summed E-state index contributed by atoms with van der Waals surface area (Å²) in [6.45, 7) is 0. The van der Waals surface area contributed by atoms with Crippen LogP contribution in [0.5, 0.6) is 0 Å². The van der Waals surface area contributed by atoms with Crippen LogP contribution in [0.15, 0.2) is 60.0 Å². The summed E-state index contributed by atoms with van der Waals surface area (Å²) in [4.78, 5) is 16.9. The van der Waals surface area contributed by atoms with E-state index >= 15 is 0 Å². The minimum atomic E-state index is 0.0888. The van der Waals surface area contributed by atoms with Crippen molar-refractivity contribution in [3.63, 3.8) is 0 Å². The summed E-state index contributed by atoms with van der Waals surface area (Å²) >= 11 is 1.49. The molecular weight excluding hydrogens is 364 g/mol. The van der Waals surface area contributed by atoms with Gasteiger partial charge in [-0.15, -0.1) is 11.3 Å². The molecule has 1 aromatic heterocycles. The first-order chi connectivity index (χ1) is 13.8. The molecule has 1 saturated carbocycles. The van der Waals surface area contributed by atoms with Gasteiger partial charge in [0.1, 0.15) is 0 Å². The predicted molar refractivity (Wildman–Crippen MR) is 117 cm³/mol. The molecule has 1 heterocycles. The highest BCUT2D eigenvalue weighted by molar-refractivity contribution is 7.14. The topological polar surface area (TPSA) is 42.0 Å². The van der Waals surface area contributed by atoms with Crippen LogP contribution in [0, 0.1) is 5.92 Å². The van der Waals surface area contributed by atoms with E-state index in [9.17, 15) is 4.79 Å². The van der Waals surface area contributed by atoms with Gasteiger partial charge in [-0.2, -0.15) is 0 Å². The SMILES string of the molecule is O=C(CCC1CCCCC1)Nc1nc(-c2ccc(-c3ccccc3)cc2)cs1. The van der Waals surface area contributed by atoms with Gasteiger partial charge in [0.2, 0.25) is 5.91 Å². The minimum Gasteiger partial charge on any atom is -0.302 e. The zero-order chi connectivity index (χ0) is 19.2. The second-order valence-corrected chi connectivity index (χ2v) is 8.43. The highest BCUT2D eigenvalue weighted by Crippen LogP contribution is 2.29. The molecule has 0 atom stereocenters. The summed E-state index contributed by atoms with van der Waals surface area (Å²) < 4.78 is 0. The molecule has 1 amide bonds. The monoisotopic (exact) mass is 390 g/mol. The Morgan fingerprint density at radius 1 is 0.929 bits per heavy atom. The number of carbonyl (C=O) groups excluding carboxylic acids is 1. The number of hydrogen-bond acceptors (Lipinski definition) is 3. The predicted octanol–water partition coefficient (Wildman–Crippen LogP) is 6.78. The van der Waals surface area contributed by atoms with Crippen molar-refractivity contribution in [2.45, 2.75) is 44.9 Å². The van der Waals surface area contributed by atoms with Crippen LogP contribution >= 0.6 is 11.3 Å². The number of rotatable bonds is 6. The molecular formula is C24H26N2OS. The fourth-order valence-corrected chi connectivity index (χ4v) is 4.66. The molecule has 4 rings (SSSR count). The van der Waals surface area contributed by atoms with Gasteiger partial charge in [0.15, 0.2) is 5.13 Å². The van der Waals surface area contributed by atoms with Gasteiger partial charge in [0.25, 0.3) is 0 Å². The Balaban J connectivity index is 1.34. The van der Waals surface area contributed by atoms with Crippen LogP contribution in [0.25, 0.3) is 22.4 Å². The molecule has 1 aliphatic rings. The number of thiazole rings is 1. The molecule has 1 aliphatic carbocycles. The first kappa shape index (κ1) is 18.9. The van der Waals surface area contributed by atoms with Gasteiger partial charge < -0.3 is 5.32 Å². The van der Waals surface area contributed by atoms with Crippen LogP contribution < -0.4 is 5.32 Å². The molecule has 2 aromatic carbocycles. The third-order valence-corrected chi connectivity index (χ3v) is 6.30. The van der Waals surface area contributed by atoms with E-state index in [2.05, 4.69) is 46.7 Å². The molecule has 1 N–H and O–H groups in total. The Hall–Kier alpha value is -2.46. The number of carbonyl (C=O) groups is 1. The van der Waals surface area contributed by atoms with Crippen molar-refractivity contribution in [3.8, 4) is 22.4 Å². The zero-order valence-electron chi connectivity index (χ0n) is 16.1. The van der Waals surface area contributed by atoms with Crippen molar-refractivity contribution in [2.24, 2.45) is 5.92 Å². The smallest absolute Gasteiger partial charge is 0.226 e. The molecule has 28 heavy (non-hydrogen) atoms. The highest BCUT2D eigenvalue weighted by Gasteiger charge is 2.15. The Bertz CT molecular complexity index is 896. The van der Waals surface area contributed by atoms with Crippen molar-refractivity contribution in [1.29, 1.82) is 0 Å². The number of aromatic nitrogens is 1. The van der Waals surface area contributed by atoms with E-state index in [0.717, 1.165) is 23.6 Å². The normalized spacial score (nSPS) is 14.7. The molecule has 0 bridgehead atoms. The van der Waals surface area contributed by atoms with Gasteiger partial charge in [0.05, 0.1) is 5.69 Å². The van der Waals surface area contributed by atoms with E-state index in [-0.39, 0.29) is 5.91 Å². The third-order valence-electron chi connectivity index (χ3n) is 5.54. The van der Waals surface area contributed by atoms with Crippen LogP contribution in [-0.2, 0) is 4.79 Å². The van der Waals surface area contributed by atoms with Crippen molar-refractivity contribution in [3.05, 3.63) is 60.0 Å². The van der Waals surface area contributed by atoms with Crippen LogP contribution in [-0.4, -0.2) is 10.9 Å². The lowest BCUT2D eigenvalue weighted by molar-refractivity contribution is -0.116. The first-order valence-electron chi connectivity index (χ1n) is 10.2. The molecule has 0 spiro atoms. The van der Waals surface area contributed by atoms with E-state index < -0.39 is 0 Å². The molecule has 0 aliphatic heterocycles. The van der Waals surface area contributed by atoms with Gasteiger partial charge >= 0.3 is 0 Å². The Morgan fingerprint density at radius 3 is 2.36 bits per heavy atom. The number of nitrogens with one attached hydrogen (secondary N) is 1. The first-order valence-corrected chi connectivity index (χ1v) is 11.1. The summed E-state index contributed by atoms with van der Waals surface area (Å²) in [7, 11) is 0. The largest absolute Gasteiger partial charge is 0.302 e. The van der Waals surface area contributed by atoms with Gasteiger partial charge in [-0.3, -0.25) is 4.79 Å². The molecule has 0 saturated heterocycles. The minimum absolute atomic E-state index is 0.0888. The van der Waals surface area contributed by atoms with Gasteiger partial charge in [-0.25, -0.2) is 4.98 Å². The van der Waals surface area contributed by atoms with E-state index in [1.54, 1.807) is 0 Å². The summed E-state index contributed by atoms with van der Waals surface area (Å²) in [6, 6.07) is 18.8. The second kappa shape index (κ2) is 9.16. The Labute approximate surface area is 170 Å². The van der Waals surface area contributed by atoms with Crippen molar-refractivity contribution < 1.29 is 4.79 Å². The summed E-state index contributed by atoms with van der Waals surface area (Å²) in [5, 5.41) is 5.68. The second-order valence-electron chi connectivity index (χ2n) is 7.57. The average molecular weight is 391 g/mol. The number of anilines is 1. The lowest BCUT2D eigenvalue weighted by atomic mass is 9.86. The Kier molecular flexibility index (Phi) is 6.17. The van der Waals surface area contributed by atoms with Crippen molar-refractivity contribution in [2.75, 3.05) is 5.32 Å².